The molecule has 0 saturated heterocycles. The zero-order valence-electron chi connectivity index (χ0n) is 48.5. The van der Waals surface area contributed by atoms with Gasteiger partial charge in [-0.15, -0.1) is 0 Å². The second-order valence-corrected chi connectivity index (χ2v) is 20.9. The van der Waals surface area contributed by atoms with E-state index in [2.05, 4.69) is 309 Å². The first-order chi connectivity index (χ1) is 38.7. The molecule has 79 heavy (non-hydrogen) atoms. The summed E-state index contributed by atoms with van der Waals surface area (Å²) in [7, 11) is 8.54. The first-order valence-electron chi connectivity index (χ1n) is 29.1. The van der Waals surface area contributed by atoms with Gasteiger partial charge in [-0.3, -0.25) is 0 Å². The van der Waals surface area contributed by atoms with E-state index in [9.17, 15) is 0 Å². The lowest BCUT2D eigenvalue weighted by molar-refractivity contribution is -0.527. The smallest absolute Gasteiger partial charge is 0.199 e. The van der Waals surface area contributed by atoms with Crippen LogP contribution in [0.5, 0.6) is 0 Å². The highest BCUT2D eigenvalue weighted by Crippen LogP contribution is 2.35. The maximum absolute atomic E-state index is 2.57. The number of nitrogens with zero attached hydrogens (tertiary/aromatic N) is 6. The normalized spacial score (nSPS) is 12.3. The van der Waals surface area contributed by atoms with Crippen molar-refractivity contribution in [3.8, 4) is 0 Å². The van der Waals surface area contributed by atoms with E-state index in [1.165, 1.54) is 96.2 Å². The molecule has 0 N–H and O–H groups in total. The highest BCUT2D eigenvalue weighted by atomic mass is 15.1. The maximum atomic E-state index is 2.57. The zero-order chi connectivity index (χ0) is 55.3. The molecule has 6 nitrogen and oxygen atoms in total. The van der Waals surface area contributed by atoms with Gasteiger partial charge in [-0.2, -0.15) is 0 Å². The fourth-order valence-electron chi connectivity index (χ4n) is 10.2. The molecule has 0 bridgehead atoms. The summed E-state index contributed by atoms with van der Waals surface area (Å²) >= 11 is 0. The van der Waals surface area contributed by atoms with Crippen molar-refractivity contribution < 1.29 is 4.58 Å². The molecular formula is C73H85N6+. The summed E-state index contributed by atoms with van der Waals surface area (Å²) in [6, 6.07) is 66.1. The number of rotatable bonds is 26. The average Bonchev–Trinajstić information content (AvgIpc) is 3.54. The Bertz CT molecular complexity index is 3130. The van der Waals surface area contributed by atoms with Crippen LogP contribution in [0.2, 0.25) is 0 Å². The van der Waals surface area contributed by atoms with Crippen LogP contribution in [-0.4, -0.2) is 64.7 Å². The number of benzene rings is 7. The van der Waals surface area contributed by atoms with Gasteiger partial charge in [-0.05, 0) is 168 Å². The third kappa shape index (κ3) is 15.1. The molecule has 0 unspecified atom stereocenters. The van der Waals surface area contributed by atoms with Crippen molar-refractivity contribution in [1.29, 1.82) is 0 Å². The topological polar surface area (TPSA) is 19.2 Å². The van der Waals surface area contributed by atoms with Gasteiger partial charge >= 0.3 is 0 Å². The van der Waals surface area contributed by atoms with Crippen molar-refractivity contribution in [3.05, 3.63) is 247 Å². The Balaban J connectivity index is 1.13. The summed E-state index contributed by atoms with van der Waals surface area (Å²) in [6.07, 6.45) is 25.7. The van der Waals surface area contributed by atoms with Crippen LogP contribution >= 0.6 is 0 Å². The molecule has 0 aromatic heterocycles. The predicted octanol–water partition coefficient (Wildman–Crippen LogP) is 18.8. The van der Waals surface area contributed by atoms with Crippen LogP contribution < -0.4 is 24.5 Å². The zero-order valence-corrected chi connectivity index (χ0v) is 48.5. The molecule has 7 aromatic carbocycles. The minimum atomic E-state index is 1.08. The Morgan fingerprint density at radius 1 is 0.367 bits per heavy atom. The minimum Gasteiger partial charge on any atom is -0.372 e. The van der Waals surface area contributed by atoms with Crippen molar-refractivity contribution in [3.63, 3.8) is 0 Å². The van der Waals surface area contributed by atoms with Gasteiger partial charge in [-0.25, -0.2) is 4.58 Å². The first-order valence-corrected chi connectivity index (χ1v) is 29.1. The molecule has 1 aliphatic rings. The number of para-hydroxylation sites is 2. The molecule has 8 rings (SSSR count). The largest absolute Gasteiger partial charge is 0.372 e. The van der Waals surface area contributed by atoms with E-state index < -0.39 is 0 Å². The van der Waals surface area contributed by atoms with Gasteiger partial charge in [-0.1, -0.05) is 144 Å². The van der Waals surface area contributed by atoms with E-state index in [1.54, 1.807) is 0 Å². The highest BCUT2D eigenvalue weighted by molar-refractivity contribution is 6.03. The lowest BCUT2D eigenvalue weighted by atomic mass is 9.94. The summed E-state index contributed by atoms with van der Waals surface area (Å²) in [4.78, 5) is 11.5. The summed E-state index contributed by atoms with van der Waals surface area (Å²) in [6.45, 7) is 13.4. The van der Waals surface area contributed by atoms with E-state index >= 15 is 0 Å². The molecule has 0 saturated carbocycles. The summed E-state index contributed by atoms with van der Waals surface area (Å²) in [5, 5.41) is 0. The van der Waals surface area contributed by atoms with Crippen LogP contribution in [0, 0.1) is 0 Å². The molecule has 0 radical (unpaired) electrons. The Hall–Kier alpha value is -8.09. The van der Waals surface area contributed by atoms with Crippen LogP contribution in [-0.2, 0) is 0 Å². The van der Waals surface area contributed by atoms with Crippen molar-refractivity contribution in [2.45, 2.75) is 79.1 Å². The fraction of sp³-hybridized carbons (Fsp3) is 0.274. The van der Waals surface area contributed by atoms with Crippen LogP contribution in [0.3, 0.4) is 0 Å². The van der Waals surface area contributed by atoms with Crippen LogP contribution in [0.25, 0.3) is 11.1 Å². The molecular weight excluding hydrogens is 961 g/mol. The number of allylic oxidation sites excluding steroid dienone is 9. The lowest BCUT2D eigenvalue weighted by Crippen LogP contribution is -2.25. The van der Waals surface area contributed by atoms with E-state index in [4.69, 9.17) is 0 Å². The van der Waals surface area contributed by atoms with Gasteiger partial charge in [0.1, 0.15) is 13.1 Å². The molecule has 0 spiro atoms. The Labute approximate surface area is 475 Å². The van der Waals surface area contributed by atoms with Crippen molar-refractivity contribution in [2.24, 2.45) is 0 Å². The quantitative estimate of drug-likeness (QED) is 0.0396. The fourth-order valence-corrected chi connectivity index (χ4v) is 10.2. The van der Waals surface area contributed by atoms with Crippen molar-refractivity contribution in [1.82, 2.24) is 0 Å². The van der Waals surface area contributed by atoms with Crippen LogP contribution in [0.15, 0.2) is 230 Å². The summed E-state index contributed by atoms with van der Waals surface area (Å²) in [5.41, 5.74) is 18.8. The number of hydrogen-bond donors (Lipinski definition) is 0. The predicted molar refractivity (Wildman–Crippen MR) is 346 cm³/mol. The minimum absolute atomic E-state index is 1.08. The molecule has 0 fully saturated rings. The third-order valence-electron chi connectivity index (χ3n) is 15.4. The van der Waals surface area contributed by atoms with Gasteiger partial charge in [0, 0.05) is 117 Å². The van der Waals surface area contributed by atoms with Gasteiger partial charge in [0.05, 0.1) is 0 Å². The third-order valence-corrected chi connectivity index (χ3v) is 15.4. The number of unbranched alkanes of at least 4 members (excludes halogenated alkanes) is 4. The lowest BCUT2D eigenvalue weighted by Gasteiger charge is -2.25. The number of hydrogen-bond acceptors (Lipinski definition) is 5. The van der Waals surface area contributed by atoms with Gasteiger partial charge < -0.3 is 24.5 Å². The average molecular weight is 1050 g/mol. The highest BCUT2D eigenvalue weighted by Gasteiger charge is 2.16. The molecule has 406 valence electrons. The van der Waals surface area contributed by atoms with Crippen LogP contribution in [0.4, 0.5) is 51.2 Å². The molecule has 1 aliphatic carbocycles. The Morgan fingerprint density at radius 3 is 1.06 bits per heavy atom. The standard InChI is InChI=1S/C73H85N6/c1-9-13-54-78(55-14-10-2)70-42-34-60(35-43-70)72(58-30-38-64(39-31-58)76(7)68-50-46-66(47-51-68)74(5)62-24-19-17-20-25-62)28-23-29-73(61-36-44-71(45-37-61)79(56-15-11-3)57-16-12-4)59-32-40-65(41-33-59)77(8)69-52-48-67(49-53-69)75(6)63-26-21-18-22-27-63/h17-53H,9-16,54-57H2,1-8H3/q+1. The summed E-state index contributed by atoms with van der Waals surface area (Å²) in [5.74, 6) is 0. The Kier molecular flexibility index (Phi) is 21.0. The molecule has 0 aliphatic heterocycles. The number of anilines is 9. The molecule has 6 heteroatoms. The molecule has 0 atom stereocenters. The van der Waals surface area contributed by atoms with E-state index in [0.717, 1.165) is 71.7 Å². The van der Waals surface area contributed by atoms with Gasteiger partial charge in [0.2, 0.25) is 0 Å². The molecule has 7 aromatic rings. The van der Waals surface area contributed by atoms with Crippen LogP contribution in [0.1, 0.15) is 95.8 Å². The molecule has 0 amide bonds. The van der Waals surface area contributed by atoms with E-state index in [1.807, 2.05) is 0 Å². The Morgan fingerprint density at radius 2 is 0.696 bits per heavy atom. The van der Waals surface area contributed by atoms with E-state index in [0.29, 0.717) is 0 Å². The molecule has 0 heterocycles. The second kappa shape index (κ2) is 29.0. The first kappa shape index (κ1) is 57.1. The second-order valence-electron chi connectivity index (χ2n) is 20.9. The van der Waals surface area contributed by atoms with Crippen molar-refractivity contribution >= 4 is 68.0 Å². The SMILES string of the molecule is CCCCN(CCCC)c1ccc(/C(=C\C=C\C(=C2C=CC(=[N+](CCCC)CCCC)C=C2)c2ccc(N(C)c3ccc(N(C)c4ccccc4)cc3)cc2)c2ccc(N(C)c3ccc(N(C)c4ccccc4)cc3)cc2)cc1. The van der Waals surface area contributed by atoms with Gasteiger partial charge in [0.25, 0.3) is 0 Å². The maximum Gasteiger partial charge on any atom is 0.199 e. The monoisotopic (exact) mass is 1050 g/mol. The van der Waals surface area contributed by atoms with Gasteiger partial charge in [0.15, 0.2) is 5.71 Å². The van der Waals surface area contributed by atoms with E-state index in [-0.39, 0.29) is 0 Å². The summed E-state index contributed by atoms with van der Waals surface area (Å²) < 4.78 is 2.57. The van der Waals surface area contributed by atoms with Crippen molar-refractivity contribution in [2.75, 3.05) is 78.9 Å².